The molecule has 1 unspecified atom stereocenters. The Morgan fingerprint density at radius 2 is 1.32 bits per heavy atom. The number of carboxylic acids is 1. The predicted octanol–water partition coefficient (Wildman–Crippen LogP) is 3.44. The second-order valence-corrected chi connectivity index (χ2v) is 11.2. The average Bonchev–Trinajstić information content (AvgIpc) is 2.75. The van der Waals surface area contributed by atoms with E-state index in [4.69, 9.17) is 4.18 Å². The van der Waals surface area contributed by atoms with E-state index in [0.29, 0.717) is 5.56 Å². The third kappa shape index (κ3) is 6.89. The van der Waals surface area contributed by atoms with Crippen LogP contribution < -0.4 is 8.91 Å². The van der Waals surface area contributed by atoms with Gasteiger partial charge in [-0.15, -0.1) is 0 Å². The van der Waals surface area contributed by atoms with Crippen LogP contribution in [0, 0.1) is 13.8 Å². The molecule has 34 heavy (non-hydrogen) atoms. The summed E-state index contributed by atoms with van der Waals surface area (Å²) in [5.74, 6) is -1.07. The van der Waals surface area contributed by atoms with Gasteiger partial charge in [-0.25, -0.2) is 13.1 Å². The number of benzene rings is 3. The van der Waals surface area contributed by atoms with Gasteiger partial charge in [-0.05, 0) is 62.2 Å². The molecule has 0 spiro atoms. The van der Waals surface area contributed by atoms with Crippen LogP contribution in [0.1, 0.15) is 23.1 Å². The lowest BCUT2D eigenvalue weighted by Gasteiger charge is -2.17. The lowest BCUT2D eigenvalue weighted by molar-refractivity contribution is -0.137. The molecule has 0 saturated heterocycles. The first-order valence-corrected chi connectivity index (χ1v) is 13.2. The number of sulfonamides is 1. The van der Waals surface area contributed by atoms with Crippen LogP contribution in [0.4, 0.5) is 0 Å². The molecular formula is C24H25NO7S2. The zero-order chi connectivity index (χ0) is 24.9. The zero-order valence-electron chi connectivity index (χ0n) is 18.6. The third-order valence-corrected chi connectivity index (χ3v) is 7.79. The average molecular weight is 504 g/mol. The normalized spacial score (nSPS) is 12.8. The molecule has 0 fully saturated rings. The first-order chi connectivity index (χ1) is 15.9. The van der Waals surface area contributed by atoms with Crippen LogP contribution in [0.15, 0.2) is 82.6 Å². The van der Waals surface area contributed by atoms with Crippen LogP contribution in [-0.4, -0.2) is 34.0 Å². The number of rotatable bonds is 10. The van der Waals surface area contributed by atoms with E-state index in [9.17, 15) is 26.7 Å². The van der Waals surface area contributed by atoms with Gasteiger partial charge in [-0.3, -0.25) is 4.79 Å². The molecule has 8 nitrogen and oxygen atoms in total. The minimum Gasteiger partial charge on any atom is -0.481 e. The second kappa shape index (κ2) is 10.4. The summed E-state index contributed by atoms with van der Waals surface area (Å²) >= 11 is 0. The van der Waals surface area contributed by atoms with E-state index in [1.165, 1.54) is 36.4 Å². The van der Waals surface area contributed by atoms with Gasteiger partial charge in [-0.2, -0.15) is 8.42 Å². The molecule has 3 aromatic carbocycles. The summed E-state index contributed by atoms with van der Waals surface area (Å²) in [4.78, 5) is 11.4. The van der Waals surface area contributed by atoms with Gasteiger partial charge in [0.05, 0.1) is 11.3 Å². The summed E-state index contributed by atoms with van der Waals surface area (Å²) in [6, 6.07) is 17.6. The molecule has 0 bridgehead atoms. The summed E-state index contributed by atoms with van der Waals surface area (Å²) in [5.41, 5.74) is 2.42. The summed E-state index contributed by atoms with van der Waals surface area (Å²) in [7, 11) is -7.93. The summed E-state index contributed by atoms with van der Waals surface area (Å²) in [5, 5.41) is 9.24. The first kappa shape index (κ1) is 25.4. The second-order valence-electron chi connectivity index (χ2n) is 7.93. The Bertz CT molecular complexity index is 1350. The fraction of sp³-hybridized carbons (Fsp3) is 0.208. The number of carboxylic acid groups (broad SMARTS) is 1. The minimum atomic E-state index is -4.01. The Morgan fingerprint density at radius 1 is 0.824 bits per heavy atom. The maximum Gasteiger partial charge on any atom is 0.339 e. The highest BCUT2D eigenvalue weighted by Gasteiger charge is 2.23. The fourth-order valence-corrected chi connectivity index (χ4v) is 5.38. The van der Waals surface area contributed by atoms with E-state index >= 15 is 0 Å². The number of aliphatic carboxylic acids is 1. The van der Waals surface area contributed by atoms with Crippen LogP contribution in [0.3, 0.4) is 0 Å². The molecule has 10 heteroatoms. The van der Waals surface area contributed by atoms with Gasteiger partial charge in [0, 0.05) is 6.04 Å². The van der Waals surface area contributed by atoms with Crippen LogP contribution in [-0.2, 0) is 31.4 Å². The number of nitrogens with one attached hydrogen (secondary N) is 1. The van der Waals surface area contributed by atoms with E-state index in [0.717, 1.165) is 11.1 Å². The van der Waals surface area contributed by atoms with Gasteiger partial charge < -0.3 is 9.29 Å². The van der Waals surface area contributed by atoms with Gasteiger partial charge in [0.1, 0.15) is 10.6 Å². The molecule has 0 aliphatic heterocycles. The molecule has 3 rings (SSSR count). The van der Waals surface area contributed by atoms with Crippen molar-refractivity contribution in [2.24, 2.45) is 0 Å². The molecule has 0 aromatic heterocycles. The van der Waals surface area contributed by atoms with Crippen molar-refractivity contribution in [3.8, 4) is 5.75 Å². The quantitative estimate of drug-likeness (QED) is 0.406. The van der Waals surface area contributed by atoms with Crippen LogP contribution in [0.2, 0.25) is 0 Å². The molecule has 180 valence electrons. The molecule has 0 aliphatic rings. The highest BCUT2D eigenvalue weighted by atomic mass is 32.2. The van der Waals surface area contributed by atoms with Crippen molar-refractivity contribution in [1.82, 2.24) is 4.72 Å². The SMILES string of the molecule is Cc1ccc(S(=O)(=O)NC(CC(=O)O)Cc2ccc(OS(=O)(=O)c3ccc(C)cc3)cc2)cc1. The van der Waals surface area contributed by atoms with Crippen LogP contribution >= 0.6 is 0 Å². The number of hydrogen-bond donors (Lipinski definition) is 2. The Morgan fingerprint density at radius 3 is 1.82 bits per heavy atom. The maximum atomic E-state index is 12.7. The summed E-state index contributed by atoms with van der Waals surface area (Å²) in [6.07, 6.45) is -0.340. The van der Waals surface area contributed by atoms with E-state index in [1.54, 1.807) is 36.4 Å². The van der Waals surface area contributed by atoms with Gasteiger partial charge in [0.15, 0.2) is 0 Å². The minimum absolute atomic E-state index is 0.0224. The van der Waals surface area contributed by atoms with Crippen LogP contribution in [0.5, 0.6) is 5.75 Å². The Labute approximate surface area is 199 Å². The summed E-state index contributed by atoms with van der Waals surface area (Å²) < 4.78 is 57.9. The largest absolute Gasteiger partial charge is 0.481 e. The van der Waals surface area contributed by atoms with Crippen LogP contribution in [0.25, 0.3) is 0 Å². The molecule has 3 aromatic rings. The number of carbonyl (C=O) groups is 1. The topological polar surface area (TPSA) is 127 Å². The van der Waals surface area contributed by atoms with Gasteiger partial charge in [0.25, 0.3) is 0 Å². The Balaban J connectivity index is 1.73. The lowest BCUT2D eigenvalue weighted by atomic mass is 10.0. The number of hydrogen-bond acceptors (Lipinski definition) is 6. The maximum absolute atomic E-state index is 12.7. The fourth-order valence-electron chi connectivity index (χ4n) is 3.22. The zero-order valence-corrected chi connectivity index (χ0v) is 20.3. The molecule has 0 saturated carbocycles. The summed E-state index contributed by atoms with van der Waals surface area (Å²) in [6.45, 7) is 3.67. The van der Waals surface area contributed by atoms with Crippen molar-refractivity contribution in [3.63, 3.8) is 0 Å². The molecule has 0 aliphatic carbocycles. The van der Waals surface area contributed by atoms with E-state index < -0.39 is 38.6 Å². The van der Waals surface area contributed by atoms with Gasteiger partial charge >= 0.3 is 16.1 Å². The lowest BCUT2D eigenvalue weighted by Crippen LogP contribution is -2.38. The van der Waals surface area contributed by atoms with E-state index in [2.05, 4.69) is 4.72 Å². The van der Waals surface area contributed by atoms with Crippen molar-refractivity contribution >= 4 is 26.1 Å². The van der Waals surface area contributed by atoms with Crippen molar-refractivity contribution in [2.45, 2.75) is 42.5 Å². The van der Waals surface area contributed by atoms with Crippen molar-refractivity contribution in [3.05, 3.63) is 89.5 Å². The molecule has 0 amide bonds. The number of aryl methyl sites for hydroxylation is 2. The van der Waals surface area contributed by atoms with Crippen molar-refractivity contribution in [2.75, 3.05) is 0 Å². The molecule has 1 atom stereocenters. The first-order valence-electron chi connectivity index (χ1n) is 10.4. The molecule has 2 N–H and O–H groups in total. The standard InChI is InChI=1S/C24H25NO7S2/c1-17-3-11-22(12-4-17)33(28,29)25-20(16-24(26)27)15-19-7-9-21(10-8-19)32-34(30,31)23-13-5-18(2)6-14-23/h3-14,20,25H,15-16H2,1-2H3,(H,26,27). The van der Waals surface area contributed by atoms with E-state index in [-0.39, 0.29) is 22.0 Å². The predicted molar refractivity (Wildman–Crippen MR) is 127 cm³/mol. The third-order valence-electron chi connectivity index (χ3n) is 5.00. The highest BCUT2D eigenvalue weighted by molar-refractivity contribution is 7.89. The Hall–Kier alpha value is -3.21. The van der Waals surface area contributed by atoms with Gasteiger partial charge in [-0.1, -0.05) is 47.5 Å². The smallest absolute Gasteiger partial charge is 0.339 e. The van der Waals surface area contributed by atoms with Crippen molar-refractivity contribution in [1.29, 1.82) is 0 Å². The van der Waals surface area contributed by atoms with E-state index in [1.807, 2.05) is 13.8 Å². The monoisotopic (exact) mass is 503 g/mol. The Kier molecular flexibility index (Phi) is 7.75. The van der Waals surface area contributed by atoms with Crippen molar-refractivity contribution < 1.29 is 30.9 Å². The molecule has 0 radical (unpaired) electrons. The molecule has 0 heterocycles. The highest BCUT2D eigenvalue weighted by Crippen LogP contribution is 2.21. The molecular weight excluding hydrogens is 478 g/mol. The van der Waals surface area contributed by atoms with Gasteiger partial charge in [0.2, 0.25) is 10.0 Å².